The number of methoxy groups -OCH3 is 1. The third kappa shape index (κ3) is 3.85. The Kier molecular flexibility index (Phi) is 5.12. The summed E-state index contributed by atoms with van der Waals surface area (Å²) in [4.78, 5) is 32.4. The zero-order valence-electron chi connectivity index (χ0n) is 14.2. The Balaban J connectivity index is 1.78. The summed E-state index contributed by atoms with van der Waals surface area (Å²) in [7, 11) is -1.86. The van der Waals surface area contributed by atoms with Crippen molar-refractivity contribution in [2.24, 2.45) is 0 Å². The first-order valence-corrected chi connectivity index (χ1v) is 10.7. The van der Waals surface area contributed by atoms with E-state index in [2.05, 4.69) is 4.98 Å². The van der Waals surface area contributed by atoms with Crippen molar-refractivity contribution in [3.05, 3.63) is 16.1 Å². The maximum atomic E-state index is 12.7. The van der Waals surface area contributed by atoms with Crippen molar-refractivity contribution in [3.8, 4) is 0 Å². The number of carbonyl (C=O) groups is 2. The van der Waals surface area contributed by atoms with E-state index < -0.39 is 21.9 Å². The topological polar surface area (TPSA) is 96.9 Å². The van der Waals surface area contributed by atoms with E-state index in [9.17, 15) is 18.0 Å². The number of thiazole rings is 1. The molecule has 0 radical (unpaired) electrons. The lowest BCUT2D eigenvalue weighted by atomic mass is 10.0. The van der Waals surface area contributed by atoms with E-state index in [0.29, 0.717) is 18.8 Å². The molecule has 2 aliphatic heterocycles. The Morgan fingerprint density at radius 3 is 2.36 bits per heavy atom. The predicted molar refractivity (Wildman–Crippen MR) is 92.1 cm³/mol. The van der Waals surface area contributed by atoms with E-state index in [1.165, 1.54) is 18.4 Å². The van der Waals surface area contributed by atoms with Crippen LogP contribution in [0.3, 0.4) is 0 Å². The maximum absolute atomic E-state index is 12.7. The van der Waals surface area contributed by atoms with Gasteiger partial charge in [-0.2, -0.15) is 0 Å². The highest BCUT2D eigenvalue weighted by Gasteiger charge is 2.49. The van der Waals surface area contributed by atoms with Crippen LogP contribution in [0, 0.1) is 6.92 Å². The second-order valence-electron chi connectivity index (χ2n) is 6.35. The monoisotopic (exact) mass is 387 g/mol. The van der Waals surface area contributed by atoms with Gasteiger partial charge < -0.3 is 14.5 Å². The number of sulfone groups is 1. The molecule has 2 fully saturated rings. The number of aromatic nitrogens is 1. The van der Waals surface area contributed by atoms with Crippen LogP contribution in [0.15, 0.2) is 5.38 Å². The SMILES string of the molecule is COCC(=O)N1CCN(C(=O)Cc2csc(C)n2)[C@H]2CS(=O)(=O)C[C@H]21. The summed E-state index contributed by atoms with van der Waals surface area (Å²) in [5.74, 6) is -0.587. The normalized spacial score (nSPS) is 25.0. The number of rotatable bonds is 4. The van der Waals surface area contributed by atoms with Crippen molar-refractivity contribution in [2.45, 2.75) is 25.4 Å². The smallest absolute Gasteiger partial charge is 0.248 e. The van der Waals surface area contributed by atoms with Crippen LogP contribution in [-0.4, -0.2) is 85.4 Å². The molecule has 1 aromatic heterocycles. The highest BCUT2D eigenvalue weighted by molar-refractivity contribution is 7.91. The molecule has 0 spiro atoms. The second kappa shape index (κ2) is 7.00. The molecule has 1 aromatic rings. The van der Waals surface area contributed by atoms with Gasteiger partial charge in [0.05, 0.1) is 40.7 Å². The van der Waals surface area contributed by atoms with Gasteiger partial charge >= 0.3 is 0 Å². The molecule has 2 saturated heterocycles. The number of amides is 2. The molecule has 0 saturated carbocycles. The van der Waals surface area contributed by atoms with Crippen LogP contribution in [0.1, 0.15) is 10.7 Å². The molecule has 0 aromatic carbocycles. The molecule has 3 rings (SSSR count). The lowest BCUT2D eigenvalue weighted by Crippen LogP contribution is -2.62. The second-order valence-corrected chi connectivity index (χ2v) is 9.57. The first-order chi connectivity index (χ1) is 11.8. The van der Waals surface area contributed by atoms with Crippen molar-refractivity contribution in [3.63, 3.8) is 0 Å². The molecule has 8 nitrogen and oxygen atoms in total. The standard InChI is InChI=1S/C15H21N3O5S2/c1-10-16-11(7-24-10)5-14(19)17-3-4-18(15(20)6-23-2)13-9-25(21,22)8-12(13)17/h7,12-13H,3-6,8-9H2,1-2H3/t12-,13+/m0/s1. The van der Waals surface area contributed by atoms with Gasteiger partial charge in [0, 0.05) is 25.6 Å². The Bertz CT molecular complexity index is 776. The third-order valence-electron chi connectivity index (χ3n) is 4.58. The number of carbonyl (C=O) groups excluding carboxylic acids is 2. The molecule has 0 bridgehead atoms. The number of nitrogens with zero attached hydrogens (tertiary/aromatic N) is 3. The van der Waals surface area contributed by atoms with Crippen molar-refractivity contribution < 1.29 is 22.7 Å². The largest absolute Gasteiger partial charge is 0.375 e. The number of ether oxygens (including phenoxy) is 1. The predicted octanol–water partition coefficient (Wildman–Crippen LogP) is -0.523. The lowest BCUT2D eigenvalue weighted by molar-refractivity contribution is -0.147. The Morgan fingerprint density at radius 2 is 1.84 bits per heavy atom. The van der Waals surface area contributed by atoms with Crippen molar-refractivity contribution in [1.82, 2.24) is 14.8 Å². The van der Waals surface area contributed by atoms with Gasteiger partial charge in [-0.1, -0.05) is 0 Å². The van der Waals surface area contributed by atoms with Crippen LogP contribution in [-0.2, 0) is 30.6 Å². The summed E-state index contributed by atoms with van der Waals surface area (Å²) >= 11 is 1.48. The summed E-state index contributed by atoms with van der Waals surface area (Å²) in [6.07, 6.45) is 0.152. The molecule has 2 atom stereocenters. The van der Waals surface area contributed by atoms with E-state index in [0.717, 1.165) is 5.01 Å². The summed E-state index contributed by atoms with van der Waals surface area (Å²) in [6, 6.07) is -0.991. The van der Waals surface area contributed by atoms with Crippen molar-refractivity contribution in [1.29, 1.82) is 0 Å². The van der Waals surface area contributed by atoms with Crippen molar-refractivity contribution >= 4 is 33.0 Å². The van der Waals surface area contributed by atoms with E-state index in [-0.39, 0.29) is 36.3 Å². The van der Waals surface area contributed by atoms with Gasteiger partial charge in [-0.3, -0.25) is 9.59 Å². The lowest BCUT2D eigenvalue weighted by Gasteiger charge is -2.43. The zero-order chi connectivity index (χ0) is 18.2. The molecule has 25 heavy (non-hydrogen) atoms. The number of hydrogen-bond donors (Lipinski definition) is 0. The van der Waals surface area contributed by atoms with E-state index >= 15 is 0 Å². The maximum Gasteiger partial charge on any atom is 0.248 e. The van der Waals surface area contributed by atoms with Crippen LogP contribution in [0.5, 0.6) is 0 Å². The highest BCUT2D eigenvalue weighted by Crippen LogP contribution is 2.28. The van der Waals surface area contributed by atoms with Crippen LogP contribution in [0.25, 0.3) is 0 Å². The summed E-state index contributed by atoms with van der Waals surface area (Å²) in [5.41, 5.74) is 0.697. The first-order valence-electron chi connectivity index (χ1n) is 8.00. The molecule has 0 unspecified atom stereocenters. The fourth-order valence-corrected chi connectivity index (χ4v) is 6.12. The number of fused-ring (bicyclic) bond motifs is 1. The summed E-state index contributed by atoms with van der Waals surface area (Å²) in [6.45, 7) is 2.43. The van der Waals surface area contributed by atoms with Gasteiger partial charge in [0.15, 0.2) is 9.84 Å². The number of aryl methyl sites for hydroxylation is 1. The quantitative estimate of drug-likeness (QED) is 0.690. The molecule has 2 aliphatic rings. The number of hydrogen-bond acceptors (Lipinski definition) is 7. The first kappa shape index (κ1) is 18.3. The average molecular weight is 387 g/mol. The van der Waals surface area contributed by atoms with Gasteiger partial charge in [-0.05, 0) is 6.92 Å². The molecule has 0 aliphatic carbocycles. The molecule has 2 amide bonds. The van der Waals surface area contributed by atoms with Gasteiger partial charge in [0.1, 0.15) is 6.61 Å². The number of piperazine rings is 1. The van der Waals surface area contributed by atoms with Crippen molar-refractivity contribution in [2.75, 3.05) is 38.3 Å². The minimum atomic E-state index is -3.29. The molecular formula is C15H21N3O5S2. The minimum Gasteiger partial charge on any atom is -0.375 e. The zero-order valence-corrected chi connectivity index (χ0v) is 15.8. The van der Waals surface area contributed by atoms with Crippen LogP contribution >= 0.6 is 11.3 Å². The minimum absolute atomic E-state index is 0.0880. The van der Waals surface area contributed by atoms with Gasteiger partial charge in [0.2, 0.25) is 11.8 Å². The fourth-order valence-electron chi connectivity index (χ4n) is 3.52. The summed E-state index contributed by atoms with van der Waals surface area (Å²) < 4.78 is 29.2. The molecule has 10 heteroatoms. The highest BCUT2D eigenvalue weighted by atomic mass is 32.2. The van der Waals surface area contributed by atoms with E-state index in [1.807, 2.05) is 12.3 Å². The van der Waals surface area contributed by atoms with E-state index in [4.69, 9.17) is 4.74 Å². The van der Waals surface area contributed by atoms with Crippen LogP contribution in [0.4, 0.5) is 0 Å². The fraction of sp³-hybridized carbons (Fsp3) is 0.667. The van der Waals surface area contributed by atoms with Gasteiger partial charge in [-0.25, -0.2) is 13.4 Å². The molecule has 138 valence electrons. The Labute approximate surface area is 150 Å². The Hall–Kier alpha value is -1.52. The summed E-state index contributed by atoms with van der Waals surface area (Å²) in [5, 5.41) is 2.73. The van der Waals surface area contributed by atoms with E-state index in [1.54, 1.807) is 9.80 Å². The third-order valence-corrected chi connectivity index (χ3v) is 7.10. The molecular weight excluding hydrogens is 366 g/mol. The van der Waals surface area contributed by atoms with Gasteiger partial charge in [0.25, 0.3) is 0 Å². The average Bonchev–Trinajstić information content (AvgIpc) is 3.07. The molecule has 3 heterocycles. The van der Waals surface area contributed by atoms with Crippen LogP contribution in [0.2, 0.25) is 0 Å². The molecule has 0 N–H and O–H groups in total. The Morgan fingerprint density at radius 1 is 1.24 bits per heavy atom. The van der Waals surface area contributed by atoms with Gasteiger partial charge in [-0.15, -0.1) is 11.3 Å². The van der Waals surface area contributed by atoms with Crippen LogP contribution < -0.4 is 0 Å².